The molecule has 1 saturated heterocycles. The Kier molecular flexibility index (Phi) is 4.60. The van der Waals surface area contributed by atoms with Gasteiger partial charge in [0, 0.05) is 23.4 Å². The molecule has 1 aliphatic rings. The van der Waals surface area contributed by atoms with E-state index in [0.717, 1.165) is 39.9 Å². The Hall–Kier alpha value is -1.59. The van der Waals surface area contributed by atoms with Crippen LogP contribution in [0.25, 0.3) is 10.9 Å². The standard InChI is InChI=1S/C18H22N2O2S/c1-12-14-5-3-4-6-16(14)20-13(2)15(12)9-17(21)19-10-18(22)7-8-23-11-18/h3-6,22H,7-11H2,1-2H3,(H,19,21). The molecule has 0 saturated carbocycles. The average Bonchev–Trinajstić information content (AvgIpc) is 2.97. The molecule has 1 aliphatic heterocycles. The molecule has 1 unspecified atom stereocenters. The van der Waals surface area contributed by atoms with Crippen LogP contribution in [-0.2, 0) is 11.2 Å². The molecule has 5 heteroatoms. The summed E-state index contributed by atoms with van der Waals surface area (Å²) in [7, 11) is 0. The van der Waals surface area contributed by atoms with Gasteiger partial charge in [-0.05, 0) is 43.2 Å². The van der Waals surface area contributed by atoms with Gasteiger partial charge >= 0.3 is 0 Å². The van der Waals surface area contributed by atoms with Gasteiger partial charge in [-0.3, -0.25) is 9.78 Å². The summed E-state index contributed by atoms with van der Waals surface area (Å²) in [6, 6.07) is 7.99. The predicted molar refractivity (Wildman–Crippen MR) is 94.8 cm³/mol. The van der Waals surface area contributed by atoms with Crippen LogP contribution in [0.3, 0.4) is 0 Å². The summed E-state index contributed by atoms with van der Waals surface area (Å²) in [5.74, 6) is 1.60. The van der Waals surface area contributed by atoms with E-state index >= 15 is 0 Å². The molecule has 0 radical (unpaired) electrons. The lowest BCUT2D eigenvalue weighted by Crippen LogP contribution is -2.43. The van der Waals surface area contributed by atoms with Gasteiger partial charge in [-0.1, -0.05) is 18.2 Å². The van der Waals surface area contributed by atoms with Crippen molar-refractivity contribution in [1.29, 1.82) is 0 Å². The lowest BCUT2D eigenvalue weighted by Gasteiger charge is -2.21. The maximum Gasteiger partial charge on any atom is 0.224 e. The Morgan fingerprint density at radius 1 is 1.39 bits per heavy atom. The Labute approximate surface area is 140 Å². The third kappa shape index (κ3) is 3.51. The smallest absolute Gasteiger partial charge is 0.224 e. The van der Waals surface area contributed by atoms with Crippen LogP contribution >= 0.6 is 11.8 Å². The number of hydrogen-bond acceptors (Lipinski definition) is 4. The number of aliphatic hydroxyl groups is 1. The zero-order valence-corrected chi connectivity index (χ0v) is 14.4. The summed E-state index contributed by atoms with van der Waals surface area (Å²) in [5.41, 5.74) is 3.20. The highest BCUT2D eigenvalue weighted by Gasteiger charge is 2.32. The number of fused-ring (bicyclic) bond motifs is 1. The van der Waals surface area contributed by atoms with Crippen molar-refractivity contribution >= 4 is 28.6 Å². The van der Waals surface area contributed by atoms with Crippen LogP contribution in [0.4, 0.5) is 0 Å². The van der Waals surface area contributed by atoms with E-state index in [0.29, 0.717) is 18.7 Å². The van der Waals surface area contributed by atoms with E-state index in [1.165, 1.54) is 0 Å². The van der Waals surface area contributed by atoms with E-state index in [1.807, 2.05) is 38.1 Å². The molecule has 2 N–H and O–H groups in total. The van der Waals surface area contributed by atoms with Crippen molar-refractivity contribution in [2.75, 3.05) is 18.1 Å². The Balaban J connectivity index is 1.74. The van der Waals surface area contributed by atoms with Crippen molar-refractivity contribution in [2.45, 2.75) is 32.3 Å². The summed E-state index contributed by atoms with van der Waals surface area (Å²) in [6.07, 6.45) is 1.05. The van der Waals surface area contributed by atoms with Crippen LogP contribution in [0.15, 0.2) is 24.3 Å². The molecule has 1 fully saturated rings. The van der Waals surface area contributed by atoms with E-state index < -0.39 is 5.60 Å². The van der Waals surface area contributed by atoms with Crippen molar-refractivity contribution in [3.8, 4) is 0 Å². The van der Waals surface area contributed by atoms with Crippen LogP contribution in [0, 0.1) is 13.8 Å². The number of pyridine rings is 1. The molecular weight excluding hydrogens is 308 g/mol. The summed E-state index contributed by atoms with van der Waals surface area (Å²) < 4.78 is 0. The normalized spacial score (nSPS) is 20.8. The minimum Gasteiger partial charge on any atom is -0.387 e. The van der Waals surface area contributed by atoms with Crippen molar-refractivity contribution in [2.24, 2.45) is 0 Å². The number of thioether (sulfide) groups is 1. The Morgan fingerprint density at radius 2 is 2.17 bits per heavy atom. The topological polar surface area (TPSA) is 62.2 Å². The quantitative estimate of drug-likeness (QED) is 0.903. The number of rotatable bonds is 4. The van der Waals surface area contributed by atoms with Crippen LogP contribution < -0.4 is 5.32 Å². The predicted octanol–water partition coefficient (Wildman–Crippen LogP) is 2.38. The van der Waals surface area contributed by atoms with Gasteiger partial charge in [0.25, 0.3) is 0 Å². The first-order valence-corrected chi connectivity index (χ1v) is 9.06. The van der Waals surface area contributed by atoms with Crippen molar-refractivity contribution in [3.05, 3.63) is 41.1 Å². The molecule has 0 bridgehead atoms. The van der Waals surface area contributed by atoms with E-state index in [2.05, 4.69) is 10.3 Å². The van der Waals surface area contributed by atoms with Crippen LogP contribution in [0.2, 0.25) is 0 Å². The number of nitrogens with one attached hydrogen (secondary N) is 1. The second kappa shape index (κ2) is 6.49. The number of aryl methyl sites for hydroxylation is 2. The van der Waals surface area contributed by atoms with Gasteiger partial charge in [-0.2, -0.15) is 11.8 Å². The van der Waals surface area contributed by atoms with Gasteiger partial charge in [0.1, 0.15) is 0 Å². The number of carbonyl (C=O) groups is 1. The van der Waals surface area contributed by atoms with Gasteiger partial charge in [-0.25, -0.2) is 0 Å². The highest BCUT2D eigenvalue weighted by Crippen LogP contribution is 2.27. The third-order valence-electron chi connectivity index (χ3n) is 4.52. The lowest BCUT2D eigenvalue weighted by molar-refractivity contribution is -0.121. The van der Waals surface area contributed by atoms with Crippen LogP contribution in [0.1, 0.15) is 23.2 Å². The SMILES string of the molecule is Cc1nc2ccccc2c(C)c1CC(=O)NCC1(O)CCSC1. The molecule has 1 amide bonds. The minimum atomic E-state index is -0.744. The molecule has 122 valence electrons. The number of para-hydroxylation sites is 1. The zero-order valence-electron chi connectivity index (χ0n) is 13.6. The number of nitrogens with zero attached hydrogens (tertiary/aromatic N) is 1. The number of amides is 1. The molecule has 1 atom stereocenters. The molecule has 23 heavy (non-hydrogen) atoms. The summed E-state index contributed by atoms with van der Waals surface area (Å²) >= 11 is 1.73. The van der Waals surface area contributed by atoms with Gasteiger partial charge < -0.3 is 10.4 Å². The molecular formula is C18H22N2O2S. The summed E-state index contributed by atoms with van der Waals surface area (Å²) in [5, 5.41) is 14.3. The number of aromatic nitrogens is 1. The molecule has 0 spiro atoms. The fourth-order valence-corrected chi connectivity index (χ4v) is 4.35. The lowest BCUT2D eigenvalue weighted by atomic mass is 9.99. The van der Waals surface area contributed by atoms with Crippen molar-refractivity contribution in [1.82, 2.24) is 10.3 Å². The average molecular weight is 330 g/mol. The molecule has 0 aliphatic carbocycles. The minimum absolute atomic E-state index is 0.0568. The third-order valence-corrected chi connectivity index (χ3v) is 5.75. The highest BCUT2D eigenvalue weighted by atomic mass is 32.2. The molecule has 3 rings (SSSR count). The van der Waals surface area contributed by atoms with Gasteiger partial charge in [0.15, 0.2) is 0 Å². The van der Waals surface area contributed by atoms with E-state index in [-0.39, 0.29) is 5.91 Å². The molecule has 2 heterocycles. The molecule has 1 aromatic carbocycles. The number of benzene rings is 1. The first-order chi connectivity index (χ1) is 11.0. The second-order valence-electron chi connectivity index (χ2n) is 6.30. The van der Waals surface area contributed by atoms with Crippen LogP contribution in [0.5, 0.6) is 0 Å². The zero-order chi connectivity index (χ0) is 16.4. The maximum atomic E-state index is 12.3. The monoisotopic (exact) mass is 330 g/mol. The number of carbonyl (C=O) groups excluding carboxylic acids is 1. The van der Waals surface area contributed by atoms with Crippen LogP contribution in [-0.4, -0.2) is 39.6 Å². The van der Waals surface area contributed by atoms with Crippen molar-refractivity contribution < 1.29 is 9.90 Å². The highest BCUT2D eigenvalue weighted by molar-refractivity contribution is 7.99. The molecule has 1 aromatic heterocycles. The Bertz CT molecular complexity index is 739. The Morgan fingerprint density at radius 3 is 2.91 bits per heavy atom. The van der Waals surface area contributed by atoms with Gasteiger partial charge in [0.2, 0.25) is 5.91 Å². The second-order valence-corrected chi connectivity index (χ2v) is 7.40. The summed E-state index contributed by atoms with van der Waals surface area (Å²) in [6.45, 7) is 4.32. The molecule has 4 nitrogen and oxygen atoms in total. The summed E-state index contributed by atoms with van der Waals surface area (Å²) in [4.78, 5) is 16.9. The maximum absolute atomic E-state index is 12.3. The van der Waals surface area contributed by atoms with E-state index in [1.54, 1.807) is 11.8 Å². The van der Waals surface area contributed by atoms with Crippen molar-refractivity contribution in [3.63, 3.8) is 0 Å². The van der Waals surface area contributed by atoms with E-state index in [9.17, 15) is 9.90 Å². The number of hydrogen-bond donors (Lipinski definition) is 2. The fraction of sp³-hybridized carbons (Fsp3) is 0.444. The van der Waals surface area contributed by atoms with Gasteiger partial charge in [0.05, 0.1) is 17.5 Å². The first kappa shape index (κ1) is 16.3. The largest absolute Gasteiger partial charge is 0.387 e. The first-order valence-electron chi connectivity index (χ1n) is 7.90. The fourth-order valence-electron chi connectivity index (χ4n) is 3.05. The van der Waals surface area contributed by atoms with E-state index in [4.69, 9.17) is 0 Å². The van der Waals surface area contributed by atoms with Gasteiger partial charge in [-0.15, -0.1) is 0 Å². The molecule has 2 aromatic rings.